The molecule has 0 unspecified atom stereocenters. The highest BCUT2D eigenvalue weighted by Crippen LogP contribution is 2.31. The van der Waals surface area contributed by atoms with Crippen molar-refractivity contribution in [3.05, 3.63) is 120 Å². The van der Waals surface area contributed by atoms with Gasteiger partial charge < -0.3 is 4.55 Å². The Balaban J connectivity index is 0.000000233. The van der Waals surface area contributed by atoms with Crippen LogP contribution in [0.4, 0.5) is 13.2 Å². The average molecular weight is 545 g/mol. The van der Waals surface area contributed by atoms with E-state index in [1.54, 1.807) is 0 Å². The molecule has 8 heteroatoms. The molecule has 0 amide bonds. The van der Waals surface area contributed by atoms with Gasteiger partial charge in [-0.25, -0.2) is 8.42 Å². The number of hydrogen-bond donors (Lipinski definition) is 0. The van der Waals surface area contributed by atoms with E-state index in [-0.39, 0.29) is 10.9 Å². The van der Waals surface area contributed by atoms with Gasteiger partial charge in [0.2, 0.25) is 0 Å². The van der Waals surface area contributed by atoms with Crippen molar-refractivity contribution in [2.24, 2.45) is 0 Å². The minimum atomic E-state index is -4.84. The Labute approximate surface area is 219 Å². The van der Waals surface area contributed by atoms with Gasteiger partial charge in [-0.2, -0.15) is 13.2 Å². The van der Waals surface area contributed by atoms with Crippen LogP contribution in [0.5, 0.6) is 0 Å². The molecule has 0 N–H and O–H groups in total. The van der Waals surface area contributed by atoms with Crippen molar-refractivity contribution in [2.45, 2.75) is 51.9 Å². The van der Waals surface area contributed by atoms with Gasteiger partial charge >= 0.3 is 6.18 Å². The molecular formula is C29H27F3O3S2. The lowest BCUT2D eigenvalue weighted by Gasteiger charge is -2.10. The lowest BCUT2D eigenvalue weighted by molar-refractivity contribution is -0.137. The number of halogens is 3. The van der Waals surface area contributed by atoms with Gasteiger partial charge in [0.1, 0.15) is 10.1 Å². The molecule has 0 saturated heterocycles. The minimum Gasteiger partial charge on any atom is -0.744 e. The predicted octanol–water partition coefficient (Wildman–Crippen LogP) is 7.73. The molecule has 0 aliphatic rings. The predicted molar refractivity (Wildman–Crippen MR) is 140 cm³/mol. The third-order valence-corrected chi connectivity index (χ3v) is 8.45. The van der Waals surface area contributed by atoms with Gasteiger partial charge in [0.05, 0.1) is 21.4 Å². The summed E-state index contributed by atoms with van der Waals surface area (Å²) < 4.78 is 67.3. The molecule has 4 aromatic carbocycles. The number of rotatable bonds is 7. The fourth-order valence-electron chi connectivity index (χ4n) is 3.52. The van der Waals surface area contributed by atoms with Crippen molar-refractivity contribution in [1.29, 1.82) is 0 Å². The Morgan fingerprint density at radius 1 is 0.730 bits per heavy atom. The molecule has 0 aliphatic carbocycles. The molecule has 4 rings (SSSR count). The Morgan fingerprint density at radius 2 is 1.24 bits per heavy atom. The summed E-state index contributed by atoms with van der Waals surface area (Å²) in [6.07, 6.45) is -0.954. The molecular weight excluding hydrogens is 517 g/mol. The van der Waals surface area contributed by atoms with Crippen LogP contribution in [0, 0.1) is 0 Å². The lowest BCUT2D eigenvalue weighted by atomic mass is 10.1. The summed E-state index contributed by atoms with van der Waals surface area (Å²) in [5, 5.41) is 0. The molecule has 0 heterocycles. The van der Waals surface area contributed by atoms with E-state index < -0.39 is 26.8 Å². The van der Waals surface area contributed by atoms with Crippen molar-refractivity contribution in [1.82, 2.24) is 0 Å². The van der Waals surface area contributed by atoms with E-state index >= 15 is 0 Å². The number of benzene rings is 4. The SMILES string of the molecule is CCCCc1ccc([S+](c2ccccc2)c2ccccc2)cc1.O=S(=O)([O-])c1cccc(C(F)(F)F)c1. The number of unbranched alkanes of at least 4 members (excludes halogenated alkanes) is 1. The fraction of sp³-hybridized carbons (Fsp3) is 0.172. The molecule has 194 valence electrons. The van der Waals surface area contributed by atoms with Crippen molar-refractivity contribution < 1.29 is 26.1 Å². The summed E-state index contributed by atoms with van der Waals surface area (Å²) in [7, 11) is -4.86. The van der Waals surface area contributed by atoms with E-state index in [0.29, 0.717) is 12.1 Å². The maximum absolute atomic E-state index is 12.1. The molecule has 37 heavy (non-hydrogen) atoms. The molecule has 0 fully saturated rings. The zero-order chi connectivity index (χ0) is 26.9. The first kappa shape index (κ1) is 28.5. The first-order valence-corrected chi connectivity index (χ1v) is 14.3. The standard InChI is InChI=1S/C22H23S.C7H5F3O3S/c1-2-3-10-19-15-17-22(18-16-19)23(20-11-6-4-7-12-20)21-13-8-5-9-14-21;8-7(9,10)5-2-1-3-6(4-5)14(11,12)13/h4-9,11-18H,2-3,10H2,1H3;1-4H,(H,11,12,13)/q+1;/p-1. The van der Waals surface area contributed by atoms with Crippen LogP contribution in [-0.4, -0.2) is 13.0 Å². The minimum absolute atomic E-state index is 0.0286. The van der Waals surface area contributed by atoms with E-state index in [4.69, 9.17) is 0 Å². The van der Waals surface area contributed by atoms with Crippen LogP contribution in [-0.2, 0) is 33.6 Å². The van der Waals surface area contributed by atoms with E-state index in [1.807, 2.05) is 0 Å². The molecule has 0 aliphatic heterocycles. The number of alkyl halides is 3. The normalized spacial score (nSPS) is 11.6. The first-order chi connectivity index (χ1) is 17.6. The molecule has 3 nitrogen and oxygen atoms in total. The Hall–Kier alpha value is -3.07. The second-order valence-corrected chi connectivity index (χ2v) is 11.6. The summed E-state index contributed by atoms with van der Waals surface area (Å²) in [6, 6.07) is 33.6. The molecule has 0 bridgehead atoms. The zero-order valence-corrected chi connectivity index (χ0v) is 21.8. The topological polar surface area (TPSA) is 57.2 Å². The van der Waals surface area contributed by atoms with Crippen molar-refractivity contribution in [2.75, 3.05) is 0 Å². The summed E-state index contributed by atoms with van der Waals surface area (Å²) in [5.41, 5.74) is 0.287. The zero-order valence-electron chi connectivity index (χ0n) is 20.2. The van der Waals surface area contributed by atoms with Crippen LogP contribution in [0.15, 0.2) is 129 Å². The summed E-state index contributed by atoms with van der Waals surface area (Å²) in [6.45, 7) is 2.25. The van der Waals surface area contributed by atoms with Crippen molar-refractivity contribution in [3.63, 3.8) is 0 Å². The smallest absolute Gasteiger partial charge is 0.416 e. The second kappa shape index (κ2) is 12.9. The van der Waals surface area contributed by atoms with Crippen LogP contribution in [0.3, 0.4) is 0 Å². The van der Waals surface area contributed by atoms with Crippen LogP contribution in [0.1, 0.15) is 30.9 Å². The molecule has 0 radical (unpaired) electrons. The van der Waals surface area contributed by atoms with Crippen LogP contribution < -0.4 is 0 Å². The van der Waals surface area contributed by atoms with Gasteiger partial charge in [-0.15, -0.1) is 0 Å². The lowest BCUT2D eigenvalue weighted by Crippen LogP contribution is -2.07. The summed E-state index contributed by atoms with van der Waals surface area (Å²) in [5.74, 6) is 0. The third kappa shape index (κ3) is 8.49. The van der Waals surface area contributed by atoms with Crippen LogP contribution >= 0.6 is 0 Å². The fourth-order valence-corrected chi connectivity index (χ4v) is 6.12. The molecule has 0 aromatic heterocycles. The van der Waals surface area contributed by atoms with E-state index in [1.165, 1.54) is 39.5 Å². The van der Waals surface area contributed by atoms with Gasteiger partial charge in [0.15, 0.2) is 14.7 Å². The summed E-state index contributed by atoms with van der Waals surface area (Å²) in [4.78, 5) is 3.26. The number of aryl methyl sites for hydroxylation is 1. The third-order valence-electron chi connectivity index (χ3n) is 5.39. The van der Waals surface area contributed by atoms with Crippen LogP contribution in [0.25, 0.3) is 0 Å². The van der Waals surface area contributed by atoms with E-state index in [9.17, 15) is 26.1 Å². The van der Waals surface area contributed by atoms with Gasteiger partial charge in [-0.3, -0.25) is 0 Å². The second-order valence-electron chi connectivity index (χ2n) is 8.16. The van der Waals surface area contributed by atoms with E-state index in [2.05, 4.69) is 91.9 Å². The maximum Gasteiger partial charge on any atom is 0.416 e. The van der Waals surface area contributed by atoms with Crippen molar-refractivity contribution in [3.8, 4) is 0 Å². The molecule has 0 atom stereocenters. The number of hydrogen-bond acceptors (Lipinski definition) is 3. The van der Waals surface area contributed by atoms with E-state index in [0.717, 1.165) is 12.1 Å². The quantitative estimate of drug-likeness (QED) is 0.177. The molecule has 4 aromatic rings. The van der Waals surface area contributed by atoms with Gasteiger partial charge in [0, 0.05) is 0 Å². The Bertz CT molecular complexity index is 1320. The monoisotopic (exact) mass is 544 g/mol. The van der Waals surface area contributed by atoms with Gasteiger partial charge in [0.25, 0.3) is 0 Å². The van der Waals surface area contributed by atoms with Gasteiger partial charge in [-0.05, 0) is 73.0 Å². The molecule has 0 spiro atoms. The summed E-state index contributed by atoms with van der Waals surface area (Å²) >= 11 is 0. The van der Waals surface area contributed by atoms with Crippen molar-refractivity contribution >= 4 is 21.0 Å². The Kier molecular flexibility index (Phi) is 9.97. The first-order valence-electron chi connectivity index (χ1n) is 11.7. The highest BCUT2D eigenvalue weighted by molar-refractivity contribution is 7.97. The highest BCUT2D eigenvalue weighted by Gasteiger charge is 2.31. The van der Waals surface area contributed by atoms with Crippen LogP contribution in [0.2, 0.25) is 0 Å². The highest BCUT2D eigenvalue weighted by atomic mass is 32.2. The van der Waals surface area contributed by atoms with Gasteiger partial charge in [-0.1, -0.05) is 67.9 Å². The molecule has 0 saturated carbocycles. The Morgan fingerprint density at radius 3 is 1.70 bits per heavy atom. The average Bonchev–Trinajstić information content (AvgIpc) is 2.89. The largest absolute Gasteiger partial charge is 0.744 e. The maximum atomic E-state index is 12.1.